The maximum atomic E-state index is 12.9. The van der Waals surface area contributed by atoms with Crippen molar-refractivity contribution in [3.63, 3.8) is 0 Å². The summed E-state index contributed by atoms with van der Waals surface area (Å²) < 4.78 is 15.5. The van der Waals surface area contributed by atoms with Gasteiger partial charge in [0.1, 0.15) is 18.1 Å². The number of methoxy groups -OCH3 is 2. The topological polar surface area (TPSA) is 92.9 Å². The van der Waals surface area contributed by atoms with Crippen LogP contribution in [0.1, 0.15) is 38.5 Å². The number of carbonyl (C=O) groups excluding carboxylic acids is 2. The van der Waals surface area contributed by atoms with Crippen molar-refractivity contribution in [2.24, 2.45) is 0 Å². The van der Waals surface area contributed by atoms with Crippen LogP contribution in [-0.4, -0.2) is 63.4 Å². The smallest absolute Gasteiger partial charge is 0.340 e. The molecule has 1 saturated heterocycles. The van der Waals surface area contributed by atoms with Gasteiger partial charge in [0.15, 0.2) is 0 Å². The van der Waals surface area contributed by atoms with Gasteiger partial charge in [-0.3, -0.25) is 4.79 Å². The fourth-order valence-electron chi connectivity index (χ4n) is 3.84. The number of hydrogen-bond acceptors (Lipinski definition) is 6. The Morgan fingerprint density at radius 1 is 1.26 bits per heavy atom. The van der Waals surface area contributed by atoms with Crippen LogP contribution in [0.15, 0.2) is 18.2 Å². The zero-order valence-electron chi connectivity index (χ0n) is 18.2. The van der Waals surface area contributed by atoms with Crippen molar-refractivity contribution < 1.29 is 23.8 Å². The summed E-state index contributed by atoms with van der Waals surface area (Å²) in [6, 6.07) is 5.44. The van der Waals surface area contributed by atoms with Gasteiger partial charge in [0.05, 0.1) is 25.0 Å². The van der Waals surface area contributed by atoms with Crippen molar-refractivity contribution in [3.05, 3.63) is 45.7 Å². The minimum Gasteiger partial charge on any atom is -0.495 e. The number of esters is 1. The van der Waals surface area contributed by atoms with Crippen molar-refractivity contribution >= 4 is 29.2 Å². The first-order valence-electron chi connectivity index (χ1n) is 10.1. The summed E-state index contributed by atoms with van der Waals surface area (Å²) in [6.07, 6.45) is 0.784. The number of hydrogen-bond donors (Lipinski definition) is 2. The predicted molar refractivity (Wildman–Crippen MR) is 119 cm³/mol. The largest absolute Gasteiger partial charge is 0.495 e. The molecule has 168 valence electrons. The first kappa shape index (κ1) is 23.0. The second-order valence-electron chi connectivity index (χ2n) is 7.47. The highest BCUT2D eigenvalue weighted by atomic mass is 35.5. The van der Waals surface area contributed by atoms with E-state index < -0.39 is 5.97 Å². The molecule has 1 aliphatic rings. The number of rotatable bonds is 8. The fourth-order valence-corrected chi connectivity index (χ4v) is 4.00. The molecule has 2 aromatic rings. The van der Waals surface area contributed by atoms with Crippen LogP contribution < -0.4 is 15.0 Å². The molecule has 3 rings (SSSR count). The molecular weight excluding hydrogens is 422 g/mol. The number of carbonyl (C=O) groups is 2. The lowest BCUT2D eigenvalue weighted by atomic mass is 10.1. The highest BCUT2D eigenvalue weighted by molar-refractivity contribution is 6.31. The Morgan fingerprint density at radius 3 is 2.74 bits per heavy atom. The number of H-pyrrole nitrogens is 1. The minimum absolute atomic E-state index is 0.0451. The molecule has 1 aromatic heterocycles. The molecule has 2 heterocycles. The second kappa shape index (κ2) is 10.1. The highest BCUT2D eigenvalue weighted by Gasteiger charge is 2.29. The average Bonchev–Trinajstić information content (AvgIpc) is 3.32. The van der Waals surface area contributed by atoms with Crippen molar-refractivity contribution in [3.8, 4) is 5.75 Å². The Hall–Kier alpha value is -2.71. The Morgan fingerprint density at radius 2 is 2.03 bits per heavy atom. The predicted octanol–water partition coefficient (Wildman–Crippen LogP) is 3.11. The zero-order chi connectivity index (χ0) is 22.5. The number of nitrogens with zero attached hydrogens (tertiary/aromatic N) is 1. The molecule has 0 aliphatic carbocycles. The molecule has 0 spiro atoms. The van der Waals surface area contributed by atoms with Crippen LogP contribution in [0.2, 0.25) is 5.02 Å². The maximum absolute atomic E-state index is 12.9. The number of nitrogens with one attached hydrogen (secondary N) is 2. The second-order valence-corrected chi connectivity index (χ2v) is 7.91. The van der Waals surface area contributed by atoms with E-state index in [-0.39, 0.29) is 18.6 Å². The van der Waals surface area contributed by atoms with Gasteiger partial charge in [0.25, 0.3) is 5.91 Å². The van der Waals surface area contributed by atoms with E-state index in [1.54, 1.807) is 27.0 Å². The molecule has 0 saturated carbocycles. The van der Waals surface area contributed by atoms with Crippen LogP contribution in [0.25, 0.3) is 0 Å². The third-order valence-electron chi connectivity index (χ3n) is 5.39. The lowest BCUT2D eigenvalue weighted by molar-refractivity contribution is 0.0387. The lowest BCUT2D eigenvalue weighted by Gasteiger charge is -2.21. The van der Waals surface area contributed by atoms with Gasteiger partial charge in [-0.05, 0) is 44.0 Å². The first-order valence-corrected chi connectivity index (χ1v) is 10.5. The van der Waals surface area contributed by atoms with Crippen LogP contribution in [-0.2, 0) is 9.47 Å². The summed E-state index contributed by atoms with van der Waals surface area (Å²) in [5, 5.41) is 3.69. The third-order valence-corrected chi connectivity index (χ3v) is 5.63. The molecule has 31 heavy (non-hydrogen) atoms. The molecule has 1 fully saturated rings. The van der Waals surface area contributed by atoms with Crippen LogP contribution in [0.3, 0.4) is 0 Å². The summed E-state index contributed by atoms with van der Waals surface area (Å²) in [6.45, 7) is 5.36. The van der Waals surface area contributed by atoms with E-state index in [4.69, 9.17) is 25.8 Å². The molecule has 0 radical (unpaired) electrons. The van der Waals surface area contributed by atoms with E-state index in [1.165, 1.54) is 7.11 Å². The van der Waals surface area contributed by atoms with Gasteiger partial charge in [0, 0.05) is 37.0 Å². The maximum Gasteiger partial charge on any atom is 0.340 e. The van der Waals surface area contributed by atoms with E-state index in [0.717, 1.165) is 24.4 Å². The number of benzene rings is 1. The van der Waals surface area contributed by atoms with Crippen LogP contribution in [0.4, 0.5) is 5.69 Å². The molecule has 1 aromatic carbocycles. The number of ether oxygens (including phenoxy) is 3. The average molecular weight is 450 g/mol. The quantitative estimate of drug-likeness (QED) is 0.475. The summed E-state index contributed by atoms with van der Waals surface area (Å²) in [7, 11) is 3.16. The number of aromatic amines is 1. The van der Waals surface area contributed by atoms with Crippen LogP contribution in [0, 0.1) is 13.8 Å². The van der Waals surface area contributed by atoms with Crippen molar-refractivity contribution in [2.45, 2.75) is 26.3 Å². The van der Waals surface area contributed by atoms with Gasteiger partial charge >= 0.3 is 5.97 Å². The fraction of sp³-hybridized carbons (Fsp3) is 0.455. The monoisotopic (exact) mass is 449 g/mol. The SMILES string of the molecule is COCCOC(=O)c1c(C)[nH]c(C(=O)NC2CCN(c3cc(Cl)ccc3OC)C2)c1C. The van der Waals surface area contributed by atoms with Gasteiger partial charge in [-0.1, -0.05) is 11.6 Å². The molecule has 2 N–H and O–H groups in total. The highest BCUT2D eigenvalue weighted by Crippen LogP contribution is 2.33. The molecule has 1 atom stereocenters. The molecule has 8 nitrogen and oxygen atoms in total. The molecule has 1 amide bonds. The number of amides is 1. The first-order chi connectivity index (χ1) is 14.8. The summed E-state index contributed by atoms with van der Waals surface area (Å²) >= 11 is 6.15. The Kier molecular flexibility index (Phi) is 7.46. The van der Waals surface area contributed by atoms with E-state index in [0.29, 0.717) is 40.7 Å². The Labute approximate surface area is 186 Å². The Bertz CT molecular complexity index is 959. The Balaban J connectivity index is 1.67. The van der Waals surface area contributed by atoms with Crippen LogP contribution in [0.5, 0.6) is 5.75 Å². The normalized spacial score (nSPS) is 15.8. The minimum atomic E-state index is -0.470. The zero-order valence-corrected chi connectivity index (χ0v) is 19.0. The van der Waals surface area contributed by atoms with Crippen molar-refractivity contribution in [1.29, 1.82) is 0 Å². The molecular formula is C22H28ClN3O5. The number of aryl methyl sites for hydroxylation is 1. The summed E-state index contributed by atoms with van der Waals surface area (Å²) in [4.78, 5) is 30.5. The molecule has 0 bridgehead atoms. The number of halogens is 1. The lowest BCUT2D eigenvalue weighted by Crippen LogP contribution is -2.37. The summed E-state index contributed by atoms with van der Waals surface area (Å²) in [5.74, 6) is 0.0211. The van der Waals surface area contributed by atoms with E-state index in [2.05, 4.69) is 15.2 Å². The van der Waals surface area contributed by atoms with Crippen molar-refractivity contribution in [1.82, 2.24) is 10.3 Å². The third kappa shape index (κ3) is 5.14. The van der Waals surface area contributed by atoms with Gasteiger partial charge in [-0.15, -0.1) is 0 Å². The number of anilines is 1. The van der Waals surface area contributed by atoms with Gasteiger partial charge < -0.3 is 29.4 Å². The summed E-state index contributed by atoms with van der Waals surface area (Å²) in [5.41, 5.74) is 2.83. The van der Waals surface area contributed by atoms with Crippen LogP contribution >= 0.6 is 11.6 Å². The molecule has 1 aliphatic heterocycles. The van der Waals surface area contributed by atoms with Gasteiger partial charge in [-0.2, -0.15) is 0 Å². The number of aromatic nitrogens is 1. The van der Waals surface area contributed by atoms with E-state index >= 15 is 0 Å². The van der Waals surface area contributed by atoms with Gasteiger partial charge in [-0.25, -0.2) is 4.79 Å². The standard InChI is InChI=1S/C22H28ClN3O5/c1-13-19(22(28)31-10-9-29-3)14(2)24-20(13)21(27)25-16-7-8-26(12-16)17-11-15(23)5-6-18(17)30-4/h5-6,11,16,24H,7-10,12H2,1-4H3,(H,25,27). The van der Waals surface area contributed by atoms with E-state index in [9.17, 15) is 9.59 Å². The molecule has 9 heteroatoms. The molecule has 1 unspecified atom stereocenters. The van der Waals surface area contributed by atoms with Crippen molar-refractivity contribution in [2.75, 3.05) is 45.4 Å². The van der Waals surface area contributed by atoms with Gasteiger partial charge in [0.2, 0.25) is 0 Å². The van der Waals surface area contributed by atoms with E-state index in [1.807, 2.05) is 12.1 Å².